The van der Waals surface area contributed by atoms with Gasteiger partial charge in [0.05, 0.1) is 11.0 Å². The smallest absolute Gasteiger partial charge is 0.123 e. The molecular weight excluding hydrogens is 382 g/mol. The van der Waals surface area contributed by atoms with Crippen LogP contribution in [0.15, 0.2) is 66.7 Å². The summed E-state index contributed by atoms with van der Waals surface area (Å²) in [5.41, 5.74) is 3.87. The quantitative estimate of drug-likeness (QED) is 0.164. The molecule has 0 saturated carbocycles. The Morgan fingerprint density at radius 1 is 0.733 bits per heavy atom. The van der Waals surface area contributed by atoms with Gasteiger partial charge in [-0.3, -0.25) is 0 Å². The molecule has 30 heavy (non-hydrogen) atoms. The molecule has 0 radical (unpaired) electrons. The van der Waals surface area contributed by atoms with Crippen molar-refractivity contribution in [3.8, 4) is 0 Å². The number of hydrogen-bond acceptors (Lipinski definition) is 1. The van der Waals surface area contributed by atoms with E-state index in [-0.39, 0.29) is 0 Å². The summed E-state index contributed by atoms with van der Waals surface area (Å²) >= 11 is 0. The van der Waals surface area contributed by atoms with Crippen LogP contribution in [0.4, 0.5) is 0 Å². The fourth-order valence-electron chi connectivity index (χ4n) is 4.65. The number of aryl methyl sites for hydroxylation is 1. The van der Waals surface area contributed by atoms with Gasteiger partial charge in [0, 0.05) is 30.8 Å². The molecule has 0 amide bonds. The predicted molar refractivity (Wildman–Crippen MR) is 133 cm³/mol. The lowest BCUT2D eigenvalue weighted by Gasteiger charge is -2.17. The van der Waals surface area contributed by atoms with Gasteiger partial charge >= 0.3 is 0 Å². The maximum atomic E-state index is 6.26. The van der Waals surface area contributed by atoms with Gasteiger partial charge in [0.1, 0.15) is 6.73 Å². The summed E-state index contributed by atoms with van der Waals surface area (Å²) < 4.78 is 8.65. The van der Waals surface area contributed by atoms with Crippen molar-refractivity contribution in [1.29, 1.82) is 0 Å². The number of benzene rings is 4. The van der Waals surface area contributed by atoms with Gasteiger partial charge in [-0.15, -0.1) is 0 Å². The molecule has 3 heteroatoms. The highest BCUT2D eigenvalue weighted by Gasteiger charge is 2.19. The molecule has 0 aliphatic heterocycles. The van der Waals surface area contributed by atoms with E-state index >= 15 is 0 Å². The Kier molecular flexibility index (Phi) is 4.68. The van der Waals surface area contributed by atoms with Gasteiger partial charge < -0.3 is 9.30 Å². The zero-order chi connectivity index (χ0) is 20.9. The zero-order valence-corrected chi connectivity index (χ0v) is 19.3. The van der Waals surface area contributed by atoms with Crippen LogP contribution in [-0.2, 0) is 11.5 Å². The van der Waals surface area contributed by atoms with Crippen molar-refractivity contribution in [3.63, 3.8) is 0 Å². The molecule has 152 valence electrons. The second kappa shape index (κ2) is 7.26. The zero-order valence-electron chi connectivity index (χ0n) is 18.3. The maximum absolute atomic E-state index is 6.26. The molecule has 0 fully saturated rings. The molecule has 0 aliphatic carbocycles. The maximum Gasteiger partial charge on any atom is 0.123 e. The summed E-state index contributed by atoms with van der Waals surface area (Å²) in [6.45, 7) is 10.9. The Bertz CT molecular complexity index is 1390. The minimum absolute atomic E-state index is 0.593. The first-order chi connectivity index (χ1) is 14.5. The Morgan fingerprint density at radius 3 is 2.17 bits per heavy atom. The van der Waals surface area contributed by atoms with Gasteiger partial charge in [-0.1, -0.05) is 80.3 Å². The third-order valence-corrected chi connectivity index (χ3v) is 7.89. The van der Waals surface area contributed by atoms with E-state index in [0.29, 0.717) is 6.73 Å². The van der Waals surface area contributed by atoms with E-state index < -0.39 is 8.07 Å². The first kappa shape index (κ1) is 19.3. The predicted octanol–water partition coefficient (Wildman–Crippen LogP) is 7.72. The van der Waals surface area contributed by atoms with Crippen molar-refractivity contribution >= 4 is 51.4 Å². The molecular formula is C27H29NOSi. The molecule has 0 unspecified atom stereocenters. The number of fused-ring (bicyclic) bond motifs is 8. The van der Waals surface area contributed by atoms with Gasteiger partial charge in [0.15, 0.2) is 0 Å². The van der Waals surface area contributed by atoms with Crippen molar-refractivity contribution in [2.75, 3.05) is 6.61 Å². The van der Waals surface area contributed by atoms with Gasteiger partial charge in [-0.05, 0) is 40.8 Å². The van der Waals surface area contributed by atoms with E-state index in [9.17, 15) is 0 Å². The molecule has 0 bridgehead atoms. The van der Waals surface area contributed by atoms with E-state index in [1.165, 1.54) is 55.0 Å². The van der Waals surface area contributed by atoms with Crippen LogP contribution in [0.5, 0.6) is 0 Å². The number of ether oxygens (including phenoxy) is 1. The van der Waals surface area contributed by atoms with Gasteiger partial charge in [0.25, 0.3) is 0 Å². The number of para-hydroxylation sites is 1. The molecule has 0 atom stereocenters. The lowest BCUT2D eigenvalue weighted by molar-refractivity contribution is 0.0930. The van der Waals surface area contributed by atoms with Crippen LogP contribution in [0.1, 0.15) is 5.56 Å². The SMILES string of the molecule is Cc1cccc2c3ccccc3c3c(c4ccccc4n3COCC[Si](C)(C)C)c12. The number of rotatable bonds is 5. The van der Waals surface area contributed by atoms with Crippen molar-refractivity contribution in [2.24, 2.45) is 0 Å². The van der Waals surface area contributed by atoms with Gasteiger partial charge in [-0.25, -0.2) is 0 Å². The fraction of sp³-hybridized carbons (Fsp3) is 0.259. The molecule has 0 N–H and O–H groups in total. The normalized spacial score (nSPS) is 12.5. The van der Waals surface area contributed by atoms with E-state index in [1.54, 1.807) is 0 Å². The molecule has 4 aromatic carbocycles. The topological polar surface area (TPSA) is 14.2 Å². The lowest BCUT2D eigenvalue weighted by atomic mass is 9.94. The second-order valence-corrected chi connectivity index (χ2v) is 15.2. The molecule has 5 aromatic rings. The van der Waals surface area contributed by atoms with Gasteiger partial charge in [0.2, 0.25) is 0 Å². The first-order valence-electron chi connectivity index (χ1n) is 10.8. The summed E-state index contributed by atoms with van der Waals surface area (Å²) in [5.74, 6) is 0. The van der Waals surface area contributed by atoms with E-state index in [1.807, 2.05) is 0 Å². The summed E-state index contributed by atoms with van der Waals surface area (Å²) in [4.78, 5) is 0. The van der Waals surface area contributed by atoms with Gasteiger partial charge in [-0.2, -0.15) is 0 Å². The molecule has 0 aliphatic rings. The highest BCUT2D eigenvalue weighted by molar-refractivity contribution is 6.76. The Labute approximate surface area is 179 Å². The molecule has 0 saturated heterocycles. The third-order valence-electron chi connectivity index (χ3n) is 6.18. The van der Waals surface area contributed by atoms with Crippen LogP contribution in [0.3, 0.4) is 0 Å². The minimum Gasteiger partial charge on any atom is -0.361 e. The van der Waals surface area contributed by atoms with Crippen molar-refractivity contribution in [1.82, 2.24) is 4.57 Å². The van der Waals surface area contributed by atoms with Crippen molar-refractivity contribution < 1.29 is 4.74 Å². The minimum atomic E-state index is -1.11. The van der Waals surface area contributed by atoms with Crippen LogP contribution >= 0.6 is 0 Å². The van der Waals surface area contributed by atoms with E-state index in [4.69, 9.17) is 4.74 Å². The van der Waals surface area contributed by atoms with Crippen LogP contribution in [0, 0.1) is 6.92 Å². The summed E-state index contributed by atoms with van der Waals surface area (Å²) in [6.07, 6.45) is 0. The fourth-order valence-corrected chi connectivity index (χ4v) is 5.41. The molecule has 0 spiro atoms. The Hall–Kier alpha value is -2.62. The monoisotopic (exact) mass is 411 g/mol. The average Bonchev–Trinajstić information content (AvgIpc) is 3.05. The lowest BCUT2D eigenvalue weighted by Crippen LogP contribution is -2.22. The summed E-state index contributed by atoms with van der Waals surface area (Å²) in [7, 11) is -1.11. The number of nitrogens with zero attached hydrogens (tertiary/aromatic N) is 1. The largest absolute Gasteiger partial charge is 0.361 e. The average molecular weight is 412 g/mol. The second-order valence-electron chi connectivity index (χ2n) is 9.56. The van der Waals surface area contributed by atoms with Crippen molar-refractivity contribution in [3.05, 3.63) is 72.3 Å². The molecule has 1 heterocycles. The number of aromatic nitrogens is 1. The molecule has 5 rings (SSSR count). The standard InChI is InChI=1S/C27H29NOSi/c1-19-10-9-14-21-20-11-5-6-12-22(20)27-26(25(19)21)23-13-7-8-15-24(23)28(27)18-29-16-17-30(2,3)4/h5-15H,16-18H2,1-4H3. The van der Waals surface area contributed by atoms with Crippen LogP contribution in [-0.4, -0.2) is 19.2 Å². The van der Waals surface area contributed by atoms with Crippen LogP contribution < -0.4 is 0 Å². The van der Waals surface area contributed by atoms with E-state index in [0.717, 1.165) is 6.61 Å². The summed E-state index contributed by atoms with van der Waals surface area (Å²) in [5, 5.41) is 7.98. The van der Waals surface area contributed by atoms with Crippen molar-refractivity contribution in [2.45, 2.75) is 39.3 Å². The van der Waals surface area contributed by atoms with E-state index in [2.05, 4.69) is 97.9 Å². The molecule has 2 nitrogen and oxygen atoms in total. The molecule has 1 aromatic heterocycles. The third kappa shape index (κ3) is 3.13. The first-order valence-corrected chi connectivity index (χ1v) is 14.6. The highest BCUT2D eigenvalue weighted by Crippen LogP contribution is 2.41. The number of hydrogen-bond donors (Lipinski definition) is 0. The Balaban J connectivity index is 1.83. The summed E-state index contributed by atoms with van der Waals surface area (Å²) in [6, 6.07) is 25.4. The van der Waals surface area contributed by atoms with Crippen LogP contribution in [0.25, 0.3) is 43.4 Å². The highest BCUT2D eigenvalue weighted by atomic mass is 28.3. The van der Waals surface area contributed by atoms with Crippen LogP contribution in [0.2, 0.25) is 25.7 Å². The Morgan fingerprint density at radius 2 is 1.40 bits per heavy atom.